The van der Waals surface area contributed by atoms with Crippen LogP contribution in [0.5, 0.6) is 5.75 Å². The lowest BCUT2D eigenvalue weighted by Gasteiger charge is -2.17. The minimum absolute atomic E-state index is 0.166. The first-order chi connectivity index (χ1) is 9.74. The van der Waals surface area contributed by atoms with E-state index in [1.54, 1.807) is 13.4 Å². The standard InChI is InChI=1S/C14H20N4O2/c1-4-15-13-12(19-3)14(17-9-16-13)18-10(2)8-11-6-5-7-20-11/h5-7,9-10H,4,8H2,1-3H3,(H2,15,16,17,18). The summed E-state index contributed by atoms with van der Waals surface area (Å²) in [5, 5.41) is 6.47. The van der Waals surface area contributed by atoms with E-state index in [4.69, 9.17) is 9.15 Å². The largest absolute Gasteiger partial charge is 0.490 e. The molecule has 0 aliphatic carbocycles. The van der Waals surface area contributed by atoms with Crippen LogP contribution >= 0.6 is 0 Å². The quantitative estimate of drug-likeness (QED) is 0.809. The summed E-state index contributed by atoms with van der Waals surface area (Å²) in [6.07, 6.45) is 3.97. The highest BCUT2D eigenvalue weighted by molar-refractivity contribution is 5.63. The average Bonchev–Trinajstić information content (AvgIpc) is 2.92. The molecule has 0 fully saturated rings. The van der Waals surface area contributed by atoms with Crippen molar-refractivity contribution in [2.75, 3.05) is 24.3 Å². The van der Waals surface area contributed by atoms with Gasteiger partial charge in [0.15, 0.2) is 11.6 Å². The first kappa shape index (κ1) is 14.2. The summed E-state index contributed by atoms with van der Waals surface area (Å²) < 4.78 is 10.7. The van der Waals surface area contributed by atoms with Gasteiger partial charge in [0.25, 0.3) is 0 Å². The maximum absolute atomic E-state index is 5.39. The molecule has 6 nitrogen and oxygen atoms in total. The first-order valence-corrected chi connectivity index (χ1v) is 6.66. The van der Waals surface area contributed by atoms with Crippen LogP contribution in [-0.4, -0.2) is 29.7 Å². The maximum Gasteiger partial charge on any atom is 0.204 e. The van der Waals surface area contributed by atoms with Crippen molar-refractivity contribution in [3.8, 4) is 5.75 Å². The van der Waals surface area contributed by atoms with Gasteiger partial charge in [-0.1, -0.05) is 0 Å². The molecule has 0 saturated heterocycles. The van der Waals surface area contributed by atoms with Crippen molar-refractivity contribution >= 4 is 11.6 Å². The van der Waals surface area contributed by atoms with Gasteiger partial charge in [0.05, 0.1) is 13.4 Å². The molecular weight excluding hydrogens is 256 g/mol. The Labute approximate surface area is 118 Å². The second-order valence-electron chi connectivity index (χ2n) is 4.46. The van der Waals surface area contributed by atoms with E-state index >= 15 is 0 Å². The van der Waals surface area contributed by atoms with Gasteiger partial charge in [-0.15, -0.1) is 0 Å². The van der Waals surface area contributed by atoms with Crippen molar-refractivity contribution in [1.29, 1.82) is 0 Å². The van der Waals surface area contributed by atoms with Crippen molar-refractivity contribution in [2.24, 2.45) is 0 Å². The third-order valence-corrected chi connectivity index (χ3v) is 2.82. The summed E-state index contributed by atoms with van der Waals surface area (Å²) in [4.78, 5) is 8.42. The van der Waals surface area contributed by atoms with Gasteiger partial charge in [-0.05, 0) is 26.0 Å². The van der Waals surface area contributed by atoms with Crippen LogP contribution in [0.15, 0.2) is 29.1 Å². The number of rotatable bonds is 7. The fraction of sp³-hybridized carbons (Fsp3) is 0.429. The summed E-state index contributed by atoms with van der Waals surface area (Å²) in [5.74, 6) is 2.93. The lowest BCUT2D eigenvalue weighted by atomic mass is 10.2. The van der Waals surface area contributed by atoms with Gasteiger partial charge < -0.3 is 19.8 Å². The van der Waals surface area contributed by atoms with Crippen molar-refractivity contribution < 1.29 is 9.15 Å². The Hall–Kier alpha value is -2.24. The summed E-state index contributed by atoms with van der Waals surface area (Å²) in [6, 6.07) is 4.01. The van der Waals surface area contributed by atoms with Crippen LogP contribution in [0.25, 0.3) is 0 Å². The zero-order valence-corrected chi connectivity index (χ0v) is 12.0. The molecule has 0 radical (unpaired) electrons. The molecule has 0 saturated carbocycles. The van der Waals surface area contributed by atoms with Crippen molar-refractivity contribution in [1.82, 2.24) is 9.97 Å². The Morgan fingerprint density at radius 3 is 2.80 bits per heavy atom. The molecule has 1 atom stereocenters. The molecule has 0 spiro atoms. The smallest absolute Gasteiger partial charge is 0.204 e. The van der Waals surface area contributed by atoms with E-state index in [1.165, 1.54) is 6.33 Å². The number of furan rings is 1. The van der Waals surface area contributed by atoms with Crippen molar-refractivity contribution in [3.63, 3.8) is 0 Å². The predicted octanol–water partition coefficient (Wildman–Crippen LogP) is 2.55. The molecule has 108 valence electrons. The van der Waals surface area contributed by atoms with Gasteiger partial charge in [0, 0.05) is 19.0 Å². The Morgan fingerprint density at radius 2 is 2.15 bits per heavy atom. The van der Waals surface area contributed by atoms with Crippen LogP contribution in [0.2, 0.25) is 0 Å². The highest BCUT2D eigenvalue weighted by Crippen LogP contribution is 2.29. The van der Waals surface area contributed by atoms with E-state index in [-0.39, 0.29) is 6.04 Å². The minimum Gasteiger partial charge on any atom is -0.490 e. The fourth-order valence-corrected chi connectivity index (χ4v) is 1.98. The number of ether oxygens (including phenoxy) is 1. The summed E-state index contributed by atoms with van der Waals surface area (Å²) in [5.41, 5.74) is 0. The van der Waals surface area contributed by atoms with Crippen LogP contribution < -0.4 is 15.4 Å². The summed E-state index contributed by atoms with van der Waals surface area (Å²) in [6.45, 7) is 4.85. The van der Waals surface area contributed by atoms with Gasteiger partial charge in [-0.3, -0.25) is 0 Å². The molecule has 2 aromatic rings. The fourth-order valence-electron chi connectivity index (χ4n) is 1.98. The molecule has 0 aliphatic rings. The van der Waals surface area contributed by atoms with Gasteiger partial charge in [0.1, 0.15) is 12.1 Å². The first-order valence-electron chi connectivity index (χ1n) is 6.66. The van der Waals surface area contributed by atoms with E-state index in [1.807, 2.05) is 19.1 Å². The zero-order valence-electron chi connectivity index (χ0n) is 12.0. The topological polar surface area (TPSA) is 72.2 Å². The average molecular weight is 276 g/mol. The number of hydrogen-bond acceptors (Lipinski definition) is 6. The molecule has 0 amide bonds. The second kappa shape index (κ2) is 6.79. The third-order valence-electron chi connectivity index (χ3n) is 2.82. The van der Waals surface area contributed by atoms with E-state index in [0.29, 0.717) is 17.4 Å². The zero-order chi connectivity index (χ0) is 14.4. The van der Waals surface area contributed by atoms with Gasteiger partial charge in [-0.2, -0.15) is 0 Å². The number of hydrogen-bond donors (Lipinski definition) is 2. The molecule has 0 aromatic carbocycles. The number of methoxy groups -OCH3 is 1. The summed E-state index contributed by atoms with van der Waals surface area (Å²) >= 11 is 0. The summed E-state index contributed by atoms with van der Waals surface area (Å²) in [7, 11) is 1.61. The molecule has 2 aromatic heterocycles. The monoisotopic (exact) mass is 276 g/mol. The van der Waals surface area contributed by atoms with Crippen LogP contribution in [0.1, 0.15) is 19.6 Å². The number of nitrogens with one attached hydrogen (secondary N) is 2. The van der Waals surface area contributed by atoms with Crippen molar-refractivity contribution in [2.45, 2.75) is 26.3 Å². The molecule has 0 bridgehead atoms. The van der Waals surface area contributed by atoms with Crippen LogP contribution in [-0.2, 0) is 6.42 Å². The van der Waals surface area contributed by atoms with Crippen LogP contribution in [0, 0.1) is 0 Å². The lowest BCUT2D eigenvalue weighted by molar-refractivity contribution is 0.414. The van der Waals surface area contributed by atoms with Gasteiger partial charge >= 0.3 is 0 Å². The predicted molar refractivity (Wildman–Crippen MR) is 78.2 cm³/mol. The molecule has 2 N–H and O–H groups in total. The van der Waals surface area contributed by atoms with E-state index < -0.39 is 0 Å². The minimum atomic E-state index is 0.166. The Morgan fingerprint density at radius 1 is 1.35 bits per heavy atom. The number of nitrogens with zero attached hydrogens (tertiary/aromatic N) is 2. The normalized spacial score (nSPS) is 11.9. The number of aromatic nitrogens is 2. The van der Waals surface area contributed by atoms with E-state index in [0.717, 1.165) is 18.7 Å². The molecule has 1 unspecified atom stereocenters. The molecule has 2 heterocycles. The second-order valence-corrected chi connectivity index (χ2v) is 4.46. The molecule has 6 heteroatoms. The van der Waals surface area contributed by atoms with E-state index in [9.17, 15) is 0 Å². The molecular formula is C14H20N4O2. The molecule has 2 rings (SSSR count). The van der Waals surface area contributed by atoms with E-state index in [2.05, 4.69) is 27.5 Å². The highest BCUT2D eigenvalue weighted by Gasteiger charge is 2.14. The van der Waals surface area contributed by atoms with Gasteiger partial charge in [0.2, 0.25) is 5.75 Å². The maximum atomic E-state index is 5.39. The number of anilines is 2. The van der Waals surface area contributed by atoms with Gasteiger partial charge in [-0.25, -0.2) is 9.97 Å². The SMILES string of the molecule is CCNc1ncnc(NC(C)Cc2ccco2)c1OC. The third kappa shape index (κ3) is 3.40. The lowest BCUT2D eigenvalue weighted by Crippen LogP contribution is -2.19. The Bertz CT molecular complexity index is 528. The highest BCUT2D eigenvalue weighted by atomic mass is 16.5. The van der Waals surface area contributed by atoms with Crippen LogP contribution in [0.4, 0.5) is 11.6 Å². The molecule has 0 aliphatic heterocycles. The van der Waals surface area contributed by atoms with Crippen LogP contribution in [0.3, 0.4) is 0 Å². The molecule has 20 heavy (non-hydrogen) atoms. The Kier molecular flexibility index (Phi) is 4.81. The van der Waals surface area contributed by atoms with Crippen molar-refractivity contribution in [3.05, 3.63) is 30.5 Å². The Balaban J connectivity index is 2.09.